The molecule has 5 nitrogen and oxygen atoms in total. The number of para-hydroxylation sites is 1. The molecule has 0 atom stereocenters. The number of hydrogen-bond acceptors (Lipinski definition) is 3. The molecule has 1 amide bonds. The summed E-state index contributed by atoms with van der Waals surface area (Å²) in [5.74, 6) is -0.456. The van der Waals surface area contributed by atoms with Gasteiger partial charge in [0.25, 0.3) is 0 Å². The van der Waals surface area contributed by atoms with Gasteiger partial charge in [-0.25, -0.2) is 4.79 Å². The van der Waals surface area contributed by atoms with Gasteiger partial charge in [-0.15, -0.1) is 0 Å². The molecular weight excluding hydrogens is 222 g/mol. The molecule has 1 aromatic carbocycles. The Balaban J connectivity index is 2.47. The van der Waals surface area contributed by atoms with Gasteiger partial charge < -0.3 is 15.2 Å². The van der Waals surface area contributed by atoms with Gasteiger partial charge in [-0.05, 0) is 18.1 Å². The zero-order valence-electron chi connectivity index (χ0n) is 9.60. The Morgan fingerprint density at radius 1 is 1.35 bits per heavy atom. The summed E-state index contributed by atoms with van der Waals surface area (Å²) in [4.78, 5) is 21.6. The first-order valence-electron chi connectivity index (χ1n) is 5.39. The first-order valence-corrected chi connectivity index (χ1v) is 5.39. The molecular formula is C12H15NO4. The highest BCUT2D eigenvalue weighted by molar-refractivity contribution is 5.72. The molecule has 0 saturated carbocycles. The van der Waals surface area contributed by atoms with E-state index in [0.29, 0.717) is 5.75 Å². The molecule has 0 saturated heterocycles. The Hall–Kier alpha value is -2.04. The Bertz CT molecular complexity index is 403. The maximum Gasteiger partial charge on any atom is 0.412 e. The number of ether oxygens (including phenoxy) is 1. The lowest BCUT2D eigenvalue weighted by atomic mass is 10.1. The van der Waals surface area contributed by atoms with Crippen LogP contribution >= 0.6 is 0 Å². The molecule has 0 spiro atoms. The highest BCUT2D eigenvalue weighted by Crippen LogP contribution is 2.18. The molecule has 5 heteroatoms. The minimum absolute atomic E-state index is 0.0580. The Labute approximate surface area is 99.4 Å². The number of carbonyl (C=O) groups excluding carboxylic acids is 1. The van der Waals surface area contributed by atoms with Crippen LogP contribution in [0.3, 0.4) is 0 Å². The summed E-state index contributed by atoms with van der Waals surface area (Å²) in [6, 6.07) is 7.22. The van der Waals surface area contributed by atoms with Crippen molar-refractivity contribution in [3.05, 3.63) is 29.8 Å². The molecule has 0 aliphatic rings. The SMILES string of the molecule is CCc1ccccc1OC(=O)NCCC(=O)O. The number of aryl methyl sites for hydroxylation is 1. The van der Waals surface area contributed by atoms with E-state index in [-0.39, 0.29) is 13.0 Å². The summed E-state index contributed by atoms with van der Waals surface area (Å²) < 4.78 is 5.08. The van der Waals surface area contributed by atoms with Crippen LogP contribution in [0.25, 0.3) is 0 Å². The number of aliphatic carboxylic acids is 1. The smallest absolute Gasteiger partial charge is 0.412 e. The Morgan fingerprint density at radius 2 is 2.06 bits per heavy atom. The standard InChI is InChI=1S/C12H15NO4/c1-2-9-5-3-4-6-10(9)17-12(16)13-8-7-11(14)15/h3-6H,2,7-8H2,1H3,(H,13,16)(H,14,15). The maximum atomic E-state index is 11.3. The van der Waals surface area contributed by atoms with Crippen LogP contribution in [0.5, 0.6) is 5.75 Å². The van der Waals surface area contributed by atoms with Crippen LogP contribution in [0.15, 0.2) is 24.3 Å². The summed E-state index contributed by atoms with van der Waals surface area (Å²) in [6.07, 6.45) is 0.00970. The van der Waals surface area contributed by atoms with Crippen molar-refractivity contribution in [2.24, 2.45) is 0 Å². The summed E-state index contributed by atoms with van der Waals surface area (Å²) in [7, 11) is 0. The predicted molar refractivity (Wildman–Crippen MR) is 62.1 cm³/mol. The summed E-state index contributed by atoms with van der Waals surface area (Å²) >= 11 is 0. The number of rotatable bonds is 5. The minimum Gasteiger partial charge on any atom is -0.481 e. The van der Waals surface area contributed by atoms with Gasteiger partial charge in [-0.3, -0.25) is 4.79 Å². The first-order chi connectivity index (χ1) is 8.13. The maximum absolute atomic E-state index is 11.3. The fraction of sp³-hybridized carbons (Fsp3) is 0.333. The molecule has 0 radical (unpaired) electrons. The lowest BCUT2D eigenvalue weighted by molar-refractivity contribution is -0.136. The van der Waals surface area contributed by atoms with Crippen molar-refractivity contribution >= 4 is 12.1 Å². The Morgan fingerprint density at radius 3 is 2.71 bits per heavy atom. The third-order valence-electron chi connectivity index (χ3n) is 2.16. The van der Waals surface area contributed by atoms with Gasteiger partial charge in [0.1, 0.15) is 5.75 Å². The second kappa shape index (κ2) is 6.52. The van der Waals surface area contributed by atoms with Crippen molar-refractivity contribution in [1.82, 2.24) is 5.32 Å². The number of hydrogen-bond donors (Lipinski definition) is 2. The molecule has 0 heterocycles. The molecule has 0 aliphatic carbocycles. The van der Waals surface area contributed by atoms with Crippen molar-refractivity contribution < 1.29 is 19.4 Å². The zero-order chi connectivity index (χ0) is 12.7. The molecule has 0 bridgehead atoms. The van der Waals surface area contributed by atoms with E-state index in [1.165, 1.54) is 0 Å². The van der Waals surface area contributed by atoms with E-state index in [1.54, 1.807) is 12.1 Å². The van der Waals surface area contributed by atoms with Gasteiger partial charge >= 0.3 is 12.1 Å². The van der Waals surface area contributed by atoms with Crippen molar-refractivity contribution in [3.63, 3.8) is 0 Å². The number of benzene rings is 1. The van der Waals surface area contributed by atoms with E-state index in [2.05, 4.69) is 5.32 Å². The largest absolute Gasteiger partial charge is 0.481 e. The van der Waals surface area contributed by atoms with E-state index < -0.39 is 12.1 Å². The molecule has 1 rings (SSSR count). The van der Waals surface area contributed by atoms with Crippen molar-refractivity contribution in [3.8, 4) is 5.75 Å². The molecule has 0 fully saturated rings. The van der Waals surface area contributed by atoms with Crippen molar-refractivity contribution in [2.75, 3.05) is 6.54 Å². The van der Waals surface area contributed by atoms with E-state index in [4.69, 9.17) is 9.84 Å². The average molecular weight is 237 g/mol. The molecule has 1 aromatic rings. The van der Waals surface area contributed by atoms with E-state index in [0.717, 1.165) is 12.0 Å². The number of carboxylic acid groups (broad SMARTS) is 1. The van der Waals surface area contributed by atoms with Crippen LogP contribution < -0.4 is 10.1 Å². The van der Waals surface area contributed by atoms with E-state index >= 15 is 0 Å². The molecule has 0 unspecified atom stereocenters. The predicted octanol–water partition coefficient (Wildman–Crippen LogP) is 1.81. The second-order valence-electron chi connectivity index (χ2n) is 3.42. The number of carbonyl (C=O) groups is 2. The monoisotopic (exact) mass is 237 g/mol. The van der Waals surface area contributed by atoms with Crippen LogP contribution in [0.1, 0.15) is 18.9 Å². The number of nitrogens with one attached hydrogen (secondary N) is 1. The number of carboxylic acids is 1. The van der Waals surface area contributed by atoms with Crippen LogP contribution in [-0.4, -0.2) is 23.7 Å². The molecule has 0 aromatic heterocycles. The molecule has 92 valence electrons. The highest BCUT2D eigenvalue weighted by Gasteiger charge is 2.07. The van der Waals surface area contributed by atoms with E-state index in [9.17, 15) is 9.59 Å². The summed E-state index contributed by atoms with van der Waals surface area (Å²) in [5, 5.41) is 10.8. The second-order valence-corrected chi connectivity index (χ2v) is 3.42. The van der Waals surface area contributed by atoms with Gasteiger partial charge in [0, 0.05) is 6.54 Å². The van der Waals surface area contributed by atoms with Gasteiger partial charge in [0.05, 0.1) is 6.42 Å². The zero-order valence-corrected chi connectivity index (χ0v) is 9.60. The van der Waals surface area contributed by atoms with Gasteiger partial charge in [-0.1, -0.05) is 25.1 Å². The highest BCUT2D eigenvalue weighted by atomic mass is 16.6. The molecule has 2 N–H and O–H groups in total. The van der Waals surface area contributed by atoms with Gasteiger partial charge in [-0.2, -0.15) is 0 Å². The normalized spacial score (nSPS) is 9.71. The minimum atomic E-state index is -0.959. The summed E-state index contributed by atoms with van der Waals surface area (Å²) in [5.41, 5.74) is 0.931. The number of amides is 1. The van der Waals surface area contributed by atoms with Crippen LogP contribution in [0.2, 0.25) is 0 Å². The molecule has 17 heavy (non-hydrogen) atoms. The van der Waals surface area contributed by atoms with Crippen LogP contribution in [0, 0.1) is 0 Å². The molecule has 0 aliphatic heterocycles. The van der Waals surface area contributed by atoms with Crippen molar-refractivity contribution in [2.45, 2.75) is 19.8 Å². The van der Waals surface area contributed by atoms with Gasteiger partial charge in [0.2, 0.25) is 0 Å². The van der Waals surface area contributed by atoms with Crippen LogP contribution in [-0.2, 0) is 11.2 Å². The first kappa shape index (κ1) is 13.0. The summed E-state index contributed by atoms with van der Waals surface area (Å²) in [6.45, 7) is 2.02. The Kier molecular flexibility index (Phi) is 5.00. The van der Waals surface area contributed by atoms with Crippen LogP contribution in [0.4, 0.5) is 4.79 Å². The fourth-order valence-electron chi connectivity index (χ4n) is 1.30. The quantitative estimate of drug-likeness (QED) is 0.818. The topological polar surface area (TPSA) is 75.6 Å². The lowest BCUT2D eigenvalue weighted by Gasteiger charge is -2.08. The third kappa shape index (κ3) is 4.55. The van der Waals surface area contributed by atoms with Gasteiger partial charge in [0.15, 0.2) is 0 Å². The van der Waals surface area contributed by atoms with E-state index in [1.807, 2.05) is 19.1 Å². The average Bonchev–Trinajstić information content (AvgIpc) is 2.29. The fourth-order valence-corrected chi connectivity index (χ4v) is 1.30. The lowest BCUT2D eigenvalue weighted by Crippen LogP contribution is -2.29. The van der Waals surface area contributed by atoms with Crippen molar-refractivity contribution in [1.29, 1.82) is 0 Å². The third-order valence-corrected chi connectivity index (χ3v) is 2.16.